The molecule has 1 aromatic rings. The maximum Gasteiger partial charge on any atom is 0.269 e. The van der Waals surface area contributed by atoms with E-state index in [1.165, 1.54) is 30.5 Å². The second-order valence-electron chi connectivity index (χ2n) is 2.04. The first-order valence-corrected chi connectivity index (χ1v) is 3.26. The Balaban J connectivity index is 2.85. The second-order valence-corrected chi connectivity index (χ2v) is 2.04. The van der Waals surface area contributed by atoms with E-state index in [4.69, 9.17) is 4.74 Å². The Labute approximate surface area is 69.2 Å². The highest BCUT2D eigenvalue weighted by atomic mass is 16.6. The number of hydrogen-bond donors (Lipinski definition) is 0. The molecule has 0 atom stereocenters. The van der Waals surface area contributed by atoms with Crippen LogP contribution in [0.2, 0.25) is 0 Å². The largest absolute Gasteiger partial charge is 0.466 e. The number of nitro benzene ring substituents is 1. The zero-order chi connectivity index (χ0) is 8.97. The molecule has 0 spiro atoms. The van der Waals surface area contributed by atoms with Gasteiger partial charge in [0.2, 0.25) is 0 Å². The molecular formula is C8H7NO3. The summed E-state index contributed by atoms with van der Waals surface area (Å²) in [6.45, 7) is 3.36. The van der Waals surface area contributed by atoms with E-state index in [-0.39, 0.29) is 5.69 Å². The summed E-state index contributed by atoms with van der Waals surface area (Å²) in [7, 11) is 0. The highest BCUT2D eigenvalue weighted by Gasteiger charge is 2.02. The average Bonchev–Trinajstić information content (AvgIpc) is 2.06. The van der Waals surface area contributed by atoms with Gasteiger partial charge in [-0.1, -0.05) is 6.58 Å². The molecule has 0 N–H and O–H groups in total. The van der Waals surface area contributed by atoms with Crippen LogP contribution in [-0.4, -0.2) is 4.92 Å². The molecule has 62 valence electrons. The van der Waals surface area contributed by atoms with E-state index in [0.717, 1.165) is 0 Å². The molecule has 1 aromatic carbocycles. The number of nitrogens with zero attached hydrogens (tertiary/aromatic N) is 1. The van der Waals surface area contributed by atoms with Crippen LogP contribution in [0.4, 0.5) is 5.69 Å². The lowest BCUT2D eigenvalue weighted by molar-refractivity contribution is -0.384. The smallest absolute Gasteiger partial charge is 0.269 e. The van der Waals surface area contributed by atoms with Gasteiger partial charge in [0, 0.05) is 12.1 Å². The third kappa shape index (κ3) is 1.82. The lowest BCUT2D eigenvalue weighted by atomic mass is 10.3. The van der Waals surface area contributed by atoms with Crippen molar-refractivity contribution < 1.29 is 9.66 Å². The van der Waals surface area contributed by atoms with Crippen molar-refractivity contribution >= 4 is 5.69 Å². The molecule has 1 rings (SSSR count). The monoisotopic (exact) mass is 165 g/mol. The fraction of sp³-hybridized carbons (Fsp3) is 0. The van der Waals surface area contributed by atoms with E-state index in [2.05, 4.69) is 6.58 Å². The highest BCUT2D eigenvalue weighted by molar-refractivity contribution is 5.36. The average molecular weight is 165 g/mol. The summed E-state index contributed by atoms with van der Waals surface area (Å²) in [4.78, 5) is 9.75. The van der Waals surface area contributed by atoms with Crippen molar-refractivity contribution in [1.29, 1.82) is 0 Å². The van der Waals surface area contributed by atoms with Crippen LogP contribution in [0.3, 0.4) is 0 Å². The molecule has 0 unspecified atom stereocenters. The van der Waals surface area contributed by atoms with E-state index < -0.39 is 4.92 Å². The fourth-order valence-corrected chi connectivity index (χ4v) is 0.743. The molecule has 0 bridgehead atoms. The van der Waals surface area contributed by atoms with Crippen molar-refractivity contribution in [3.05, 3.63) is 47.2 Å². The van der Waals surface area contributed by atoms with Gasteiger partial charge >= 0.3 is 0 Å². The molecule has 4 nitrogen and oxygen atoms in total. The van der Waals surface area contributed by atoms with Crippen molar-refractivity contribution in [3.63, 3.8) is 0 Å². The summed E-state index contributed by atoms with van der Waals surface area (Å²) in [6, 6.07) is 5.78. The Hall–Kier alpha value is -1.84. The third-order valence-electron chi connectivity index (χ3n) is 1.27. The first-order chi connectivity index (χ1) is 5.74. The molecule has 0 fully saturated rings. The van der Waals surface area contributed by atoms with Crippen LogP contribution in [-0.2, 0) is 0 Å². The van der Waals surface area contributed by atoms with Gasteiger partial charge in [0.15, 0.2) is 0 Å². The summed E-state index contributed by atoms with van der Waals surface area (Å²) in [5.74, 6) is 0.538. The van der Waals surface area contributed by atoms with Gasteiger partial charge in [-0.3, -0.25) is 10.1 Å². The number of ether oxygens (including phenoxy) is 1. The summed E-state index contributed by atoms with van der Waals surface area (Å²) in [5.41, 5.74) is 0.0476. The molecule has 0 amide bonds. The van der Waals surface area contributed by atoms with Gasteiger partial charge in [-0.05, 0) is 12.1 Å². The molecule has 0 aliphatic rings. The molecule has 0 saturated heterocycles. The van der Waals surface area contributed by atoms with Gasteiger partial charge in [0.1, 0.15) is 5.75 Å². The van der Waals surface area contributed by atoms with Crippen LogP contribution in [0.25, 0.3) is 0 Å². The summed E-state index contributed by atoms with van der Waals surface area (Å²) < 4.78 is 4.88. The van der Waals surface area contributed by atoms with E-state index >= 15 is 0 Å². The van der Waals surface area contributed by atoms with E-state index in [1.807, 2.05) is 0 Å². The molecule has 0 saturated carbocycles. The van der Waals surface area contributed by atoms with E-state index in [1.54, 1.807) is 0 Å². The molecule has 4 heteroatoms. The topological polar surface area (TPSA) is 52.4 Å². The zero-order valence-electron chi connectivity index (χ0n) is 6.27. The van der Waals surface area contributed by atoms with Crippen LogP contribution >= 0.6 is 0 Å². The number of benzene rings is 1. The van der Waals surface area contributed by atoms with Crippen molar-refractivity contribution in [3.8, 4) is 5.75 Å². The minimum absolute atomic E-state index is 0.0476. The molecule has 0 aromatic heterocycles. The van der Waals surface area contributed by atoms with Gasteiger partial charge in [-0.2, -0.15) is 0 Å². The lowest BCUT2D eigenvalue weighted by Gasteiger charge is -1.97. The molecule has 0 aliphatic carbocycles. The normalized spacial score (nSPS) is 9.00. The Morgan fingerprint density at radius 1 is 1.42 bits per heavy atom. The first-order valence-electron chi connectivity index (χ1n) is 3.26. The Morgan fingerprint density at radius 2 is 2.00 bits per heavy atom. The van der Waals surface area contributed by atoms with Crippen LogP contribution in [0.5, 0.6) is 5.75 Å². The van der Waals surface area contributed by atoms with Gasteiger partial charge in [0.25, 0.3) is 5.69 Å². The molecular weight excluding hydrogens is 158 g/mol. The van der Waals surface area contributed by atoms with Gasteiger partial charge in [-0.25, -0.2) is 0 Å². The van der Waals surface area contributed by atoms with Crippen LogP contribution in [0.15, 0.2) is 37.1 Å². The SMILES string of the molecule is C=COc1ccc([N+](=O)[O-])cc1. The molecule has 12 heavy (non-hydrogen) atoms. The maximum atomic E-state index is 10.2. The van der Waals surface area contributed by atoms with E-state index in [0.29, 0.717) is 5.75 Å². The molecule has 0 aliphatic heterocycles. The maximum absolute atomic E-state index is 10.2. The Bertz CT molecular complexity index is 292. The summed E-state index contributed by atoms with van der Waals surface area (Å²) >= 11 is 0. The van der Waals surface area contributed by atoms with Crippen molar-refractivity contribution in [2.45, 2.75) is 0 Å². The van der Waals surface area contributed by atoms with Crippen LogP contribution in [0.1, 0.15) is 0 Å². The minimum atomic E-state index is -0.461. The highest BCUT2D eigenvalue weighted by Crippen LogP contribution is 2.16. The first kappa shape index (κ1) is 8.26. The predicted molar refractivity (Wildman–Crippen MR) is 43.9 cm³/mol. The molecule has 0 heterocycles. The van der Waals surface area contributed by atoms with Crippen LogP contribution in [0, 0.1) is 10.1 Å². The Kier molecular flexibility index (Phi) is 2.42. The third-order valence-corrected chi connectivity index (χ3v) is 1.27. The molecule has 0 radical (unpaired) electrons. The summed E-state index contributed by atoms with van der Waals surface area (Å²) in [6.07, 6.45) is 1.27. The predicted octanol–water partition coefficient (Wildman–Crippen LogP) is 2.12. The van der Waals surface area contributed by atoms with Crippen LogP contribution < -0.4 is 4.74 Å². The van der Waals surface area contributed by atoms with Gasteiger partial charge in [-0.15, -0.1) is 0 Å². The number of rotatable bonds is 3. The standard InChI is InChI=1S/C8H7NO3/c1-2-12-8-5-3-7(4-6-8)9(10)11/h2-6H,1H2. The zero-order valence-corrected chi connectivity index (χ0v) is 6.27. The number of non-ortho nitro benzene ring substituents is 1. The lowest BCUT2D eigenvalue weighted by Crippen LogP contribution is -1.87. The number of hydrogen-bond acceptors (Lipinski definition) is 3. The van der Waals surface area contributed by atoms with Crippen molar-refractivity contribution in [2.24, 2.45) is 0 Å². The quantitative estimate of drug-likeness (QED) is 0.391. The Morgan fingerprint density at radius 3 is 2.42 bits per heavy atom. The minimum Gasteiger partial charge on any atom is -0.466 e. The van der Waals surface area contributed by atoms with Crippen molar-refractivity contribution in [2.75, 3.05) is 0 Å². The second kappa shape index (κ2) is 3.52. The van der Waals surface area contributed by atoms with Gasteiger partial charge in [0.05, 0.1) is 11.2 Å². The van der Waals surface area contributed by atoms with Gasteiger partial charge < -0.3 is 4.74 Å². The summed E-state index contributed by atoms with van der Waals surface area (Å²) in [5, 5.41) is 10.2. The van der Waals surface area contributed by atoms with Crippen molar-refractivity contribution in [1.82, 2.24) is 0 Å². The fourth-order valence-electron chi connectivity index (χ4n) is 0.743. The van der Waals surface area contributed by atoms with E-state index in [9.17, 15) is 10.1 Å². The number of nitro groups is 1.